The van der Waals surface area contributed by atoms with E-state index in [1.165, 1.54) is 5.56 Å². The Morgan fingerprint density at radius 2 is 1.78 bits per heavy atom. The highest BCUT2D eigenvalue weighted by Crippen LogP contribution is 2.32. The van der Waals surface area contributed by atoms with E-state index in [-0.39, 0.29) is 11.9 Å². The average molecular weight is 363 g/mol. The van der Waals surface area contributed by atoms with Crippen molar-refractivity contribution in [3.05, 3.63) is 71.3 Å². The monoisotopic (exact) mass is 363 g/mol. The second-order valence-electron chi connectivity index (χ2n) is 7.17. The first-order valence-electron chi connectivity index (χ1n) is 9.52. The molecule has 0 aromatic heterocycles. The highest BCUT2D eigenvalue weighted by Gasteiger charge is 2.33. The van der Waals surface area contributed by atoms with Crippen molar-refractivity contribution in [3.8, 4) is 0 Å². The normalized spacial score (nSPS) is 20.6. The Hall–Kier alpha value is -2.50. The van der Waals surface area contributed by atoms with E-state index in [1.54, 1.807) is 5.01 Å². The van der Waals surface area contributed by atoms with Crippen LogP contribution in [0.2, 0.25) is 0 Å². The molecule has 140 valence electrons. The van der Waals surface area contributed by atoms with Crippen molar-refractivity contribution in [1.29, 1.82) is 0 Å². The zero-order chi connectivity index (χ0) is 18.6. The summed E-state index contributed by atoms with van der Waals surface area (Å²) in [4.78, 5) is 15.2. The maximum absolute atomic E-state index is 13.1. The van der Waals surface area contributed by atoms with Crippen LogP contribution in [0.3, 0.4) is 0 Å². The number of rotatable bonds is 4. The van der Waals surface area contributed by atoms with Crippen molar-refractivity contribution in [1.82, 2.24) is 9.91 Å². The van der Waals surface area contributed by atoms with E-state index in [0.29, 0.717) is 19.8 Å². The largest absolute Gasteiger partial charge is 0.379 e. The Kier molecular flexibility index (Phi) is 5.32. The van der Waals surface area contributed by atoms with Gasteiger partial charge in [-0.1, -0.05) is 60.2 Å². The summed E-state index contributed by atoms with van der Waals surface area (Å²) in [7, 11) is 0. The van der Waals surface area contributed by atoms with E-state index in [9.17, 15) is 4.79 Å². The smallest absolute Gasteiger partial charge is 0.257 e. The molecule has 5 heteroatoms. The third-order valence-electron chi connectivity index (χ3n) is 5.20. The lowest BCUT2D eigenvalue weighted by atomic mass is 9.98. The maximum atomic E-state index is 13.1. The lowest BCUT2D eigenvalue weighted by Gasteiger charge is -2.29. The molecular weight excluding hydrogens is 338 g/mol. The van der Waals surface area contributed by atoms with Crippen molar-refractivity contribution in [2.24, 2.45) is 5.10 Å². The van der Waals surface area contributed by atoms with Crippen LogP contribution in [-0.4, -0.2) is 54.4 Å². The Morgan fingerprint density at radius 1 is 1.07 bits per heavy atom. The standard InChI is InChI=1S/C22H25N3O2/c1-17-7-9-18(10-8-17)20-15-21(19-5-3-2-4-6-19)25(23-20)22(26)16-24-11-13-27-14-12-24/h2-10,21H,11-16H2,1H3. The number of ether oxygens (including phenoxy) is 1. The van der Waals surface area contributed by atoms with E-state index in [4.69, 9.17) is 9.84 Å². The summed E-state index contributed by atoms with van der Waals surface area (Å²) in [5.74, 6) is 0.0489. The second-order valence-corrected chi connectivity index (χ2v) is 7.17. The summed E-state index contributed by atoms with van der Waals surface area (Å²) in [5, 5.41) is 6.45. The summed E-state index contributed by atoms with van der Waals surface area (Å²) in [6.45, 7) is 5.43. The fourth-order valence-electron chi connectivity index (χ4n) is 3.62. The van der Waals surface area contributed by atoms with E-state index in [2.05, 4.69) is 48.2 Å². The summed E-state index contributed by atoms with van der Waals surface area (Å²) in [5.41, 5.74) is 4.40. The number of carbonyl (C=O) groups excluding carboxylic acids is 1. The highest BCUT2D eigenvalue weighted by atomic mass is 16.5. The van der Waals surface area contributed by atoms with Crippen LogP contribution in [0.1, 0.15) is 29.2 Å². The van der Waals surface area contributed by atoms with Gasteiger partial charge in [0.05, 0.1) is 31.5 Å². The number of aryl methyl sites for hydroxylation is 1. The minimum absolute atomic E-state index is 0.0453. The van der Waals surface area contributed by atoms with Gasteiger partial charge in [0.25, 0.3) is 5.91 Å². The molecule has 2 aliphatic rings. The average Bonchev–Trinajstić information content (AvgIpc) is 3.16. The van der Waals surface area contributed by atoms with Crippen LogP contribution in [0.4, 0.5) is 0 Å². The quantitative estimate of drug-likeness (QED) is 0.839. The summed E-state index contributed by atoms with van der Waals surface area (Å²) >= 11 is 0. The molecule has 2 heterocycles. The summed E-state index contributed by atoms with van der Waals surface area (Å²) < 4.78 is 5.39. The lowest BCUT2D eigenvalue weighted by Crippen LogP contribution is -2.43. The fourth-order valence-corrected chi connectivity index (χ4v) is 3.62. The highest BCUT2D eigenvalue weighted by molar-refractivity contribution is 6.03. The molecule has 5 nitrogen and oxygen atoms in total. The molecule has 2 aliphatic heterocycles. The van der Waals surface area contributed by atoms with Crippen molar-refractivity contribution >= 4 is 11.6 Å². The molecular formula is C22H25N3O2. The minimum atomic E-state index is -0.0453. The molecule has 1 unspecified atom stereocenters. The first-order chi connectivity index (χ1) is 13.2. The molecule has 1 atom stereocenters. The van der Waals surface area contributed by atoms with Crippen LogP contribution >= 0.6 is 0 Å². The molecule has 0 aliphatic carbocycles. The van der Waals surface area contributed by atoms with Gasteiger partial charge in [-0.3, -0.25) is 9.69 Å². The van der Waals surface area contributed by atoms with Crippen LogP contribution < -0.4 is 0 Å². The maximum Gasteiger partial charge on any atom is 0.257 e. The van der Waals surface area contributed by atoms with Crippen LogP contribution in [0, 0.1) is 6.92 Å². The topological polar surface area (TPSA) is 45.1 Å². The molecule has 1 saturated heterocycles. The SMILES string of the molecule is Cc1ccc(C2=NN(C(=O)CN3CCOCC3)C(c3ccccc3)C2)cc1. The van der Waals surface area contributed by atoms with Crippen LogP contribution in [0.5, 0.6) is 0 Å². The van der Waals surface area contributed by atoms with Gasteiger partial charge in [-0.15, -0.1) is 0 Å². The molecule has 27 heavy (non-hydrogen) atoms. The van der Waals surface area contributed by atoms with E-state index in [1.807, 2.05) is 18.2 Å². The zero-order valence-corrected chi connectivity index (χ0v) is 15.7. The van der Waals surface area contributed by atoms with Crippen molar-refractivity contribution < 1.29 is 9.53 Å². The molecule has 4 rings (SSSR count). The van der Waals surface area contributed by atoms with Crippen LogP contribution in [-0.2, 0) is 9.53 Å². The van der Waals surface area contributed by atoms with Gasteiger partial charge in [0.15, 0.2) is 0 Å². The van der Waals surface area contributed by atoms with Gasteiger partial charge >= 0.3 is 0 Å². The van der Waals surface area contributed by atoms with Gasteiger partial charge in [0.2, 0.25) is 0 Å². The number of morpholine rings is 1. The van der Waals surface area contributed by atoms with Crippen molar-refractivity contribution in [3.63, 3.8) is 0 Å². The third kappa shape index (κ3) is 4.10. The van der Waals surface area contributed by atoms with E-state index in [0.717, 1.165) is 36.3 Å². The molecule has 2 aromatic rings. The van der Waals surface area contributed by atoms with E-state index >= 15 is 0 Å². The Bertz CT molecular complexity index is 811. The van der Waals surface area contributed by atoms with Crippen molar-refractivity contribution in [2.75, 3.05) is 32.8 Å². The summed E-state index contributed by atoms with van der Waals surface area (Å²) in [6, 6.07) is 18.5. The van der Waals surface area contributed by atoms with Gasteiger partial charge in [0, 0.05) is 19.5 Å². The van der Waals surface area contributed by atoms with Gasteiger partial charge in [-0.05, 0) is 18.1 Å². The van der Waals surface area contributed by atoms with Crippen molar-refractivity contribution in [2.45, 2.75) is 19.4 Å². The second kappa shape index (κ2) is 8.03. The number of carbonyl (C=O) groups is 1. The molecule has 1 fully saturated rings. The predicted molar refractivity (Wildman–Crippen MR) is 106 cm³/mol. The minimum Gasteiger partial charge on any atom is -0.379 e. The number of hydrogen-bond acceptors (Lipinski definition) is 4. The molecule has 0 radical (unpaired) electrons. The number of hydrazone groups is 1. The molecule has 0 bridgehead atoms. The number of hydrogen-bond donors (Lipinski definition) is 0. The molecule has 0 N–H and O–H groups in total. The van der Waals surface area contributed by atoms with Crippen LogP contribution in [0.15, 0.2) is 59.7 Å². The van der Waals surface area contributed by atoms with Gasteiger partial charge in [-0.25, -0.2) is 5.01 Å². The number of nitrogens with zero attached hydrogens (tertiary/aromatic N) is 3. The van der Waals surface area contributed by atoms with Gasteiger partial charge in [-0.2, -0.15) is 5.10 Å². The molecule has 1 amide bonds. The third-order valence-corrected chi connectivity index (χ3v) is 5.20. The van der Waals surface area contributed by atoms with Gasteiger partial charge in [0.1, 0.15) is 0 Å². The van der Waals surface area contributed by atoms with E-state index < -0.39 is 0 Å². The van der Waals surface area contributed by atoms with Crippen LogP contribution in [0.25, 0.3) is 0 Å². The lowest BCUT2D eigenvalue weighted by molar-refractivity contribution is -0.135. The predicted octanol–water partition coefficient (Wildman–Crippen LogP) is 3.00. The Labute approximate surface area is 160 Å². The molecule has 0 saturated carbocycles. The first kappa shape index (κ1) is 17.9. The summed E-state index contributed by atoms with van der Waals surface area (Å²) in [6.07, 6.45) is 0.738. The molecule has 2 aromatic carbocycles. The Balaban J connectivity index is 1.58. The first-order valence-corrected chi connectivity index (χ1v) is 9.52. The fraction of sp³-hybridized carbons (Fsp3) is 0.364. The number of amides is 1. The molecule has 0 spiro atoms. The van der Waals surface area contributed by atoms with Gasteiger partial charge < -0.3 is 4.74 Å². The number of benzene rings is 2. The zero-order valence-electron chi connectivity index (χ0n) is 15.7. The Morgan fingerprint density at radius 3 is 2.48 bits per heavy atom.